The third-order valence-electron chi connectivity index (χ3n) is 4.10. The number of nitrogens with one attached hydrogen (secondary N) is 2. The van der Waals surface area contributed by atoms with E-state index < -0.39 is 0 Å². The van der Waals surface area contributed by atoms with Crippen LogP contribution in [0.2, 0.25) is 0 Å². The van der Waals surface area contributed by atoms with Crippen LogP contribution in [0.4, 0.5) is 0 Å². The van der Waals surface area contributed by atoms with Crippen molar-refractivity contribution in [3.63, 3.8) is 0 Å². The van der Waals surface area contributed by atoms with Crippen molar-refractivity contribution in [2.45, 2.75) is 52.5 Å². The van der Waals surface area contributed by atoms with Crippen LogP contribution in [0.15, 0.2) is 17.1 Å². The summed E-state index contributed by atoms with van der Waals surface area (Å²) in [6, 6.07) is 0.463. The van der Waals surface area contributed by atoms with Crippen LogP contribution < -0.4 is 10.6 Å². The number of guanidine groups is 1. The van der Waals surface area contributed by atoms with Crippen molar-refractivity contribution < 1.29 is 5.11 Å². The molecule has 0 atom stereocenters. The zero-order chi connectivity index (χ0) is 14.1. The molecule has 3 N–H and O–H groups in total. The van der Waals surface area contributed by atoms with Gasteiger partial charge in [-0.05, 0) is 32.6 Å². The molecule has 0 spiro atoms. The second-order valence-corrected chi connectivity index (χ2v) is 5.34. The molecule has 1 aliphatic rings. The molecule has 0 radical (unpaired) electrons. The number of rotatable bonds is 7. The van der Waals surface area contributed by atoms with Gasteiger partial charge in [0.05, 0.1) is 13.2 Å². The van der Waals surface area contributed by atoms with E-state index in [1.807, 2.05) is 0 Å². The molecular formula is C15H30IN3O. The molecule has 0 fully saturated rings. The van der Waals surface area contributed by atoms with Gasteiger partial charge in [0.15, 0.2) is 5.96 Å². The van der Waals surface area contributed by atoms with Gasteiger partial charge in [0.25, 0.3) is 0 Å². The SMILES string of the molecule is CCNC(=NCC(CC)(CC)CO)NC1CC=CC1.I. The van der Waals surface area contributed by atoms with Crippen LogP contribution in [-0.4, -0.2) is 36.8 Å². The normalized spacial score (nSPS) is 16.1. The summed E-state index contributed by atoms with van der Waals surface area (Å²) in [6.45, 7) is 8.05. The monoisotopic (exact) mass is 395 g/mol. The van der Waals surface area contributed by atoms with Gasteiger partial charge in [0, 0.05) is 18.0 Å². The minimum Gasteiger partial charge on any atom is -0.396 e. The lowest BCUT2D eigenvalue weighted by Gasteiger charge is -2.28. The minimum atomic E-state index is -0.0731. The fourth-order valence-corrected chi connectivity index (χ4v) is 2.24. The van der Waals surface area contributed by atoms with Gasteiger partial charge in [0.2, 0.25) is 0 Å². The maximum absolute atomic E-state index is 9.58. The molecule has 0 saturated heterocycles. The lowest BCUT2D eigenvalue weighted by atomic mass is 9.83. The van der Waals surface area contributed by atoms with E-state index in [2.05, 4.69) is 48.5 Å². The topological polar surface area (TPSA) is 56.7 Å². The smallest absolute Gasteiger partial charge is 0.191 e. The minimum absolute atomic E-state index is 0. The second-order valence-electron chi connectivity index (χ2n) is 5.34. The molecule has 20 heavy (non-hydrogen) atoms. The fourth-order valence-electron chi connectivity index (χ4n) is 2.24. The quantitative estimate of drug-likeness (QED) is 0.269. The molecule has 4 nitrogen and oxygen atoms in total. The van der Waals surface area contributed by atoms with Crippen molar-refractivity contribution in [3.8, 4) is 0 Å². The van der Waals surface area contributed by atoms with Crippen LogP contribution in [0.5, 0.6) is 0 Å². The second kappa shape index (κ2) is 10.4. The number of halogens is 1. The van der Waals surface area contributed by atoms with Crippen molar-refractivity contribution >= 4 is 29.9 Å². The summed E-state index contributed by atoms with van der Waals surface area (Å²) in [4.78, 5) is 4.67. The Morgan fingerprint density at radius 2 is 1.85 bits per heavy atom. The zero-order valence-electron chi connectivity index (χ0n) is 13.0. The number of hydrogen-bond acceptors (Lipinski definition) is 2. The Kier molecular flexibility index (Phi) is 10.3. The van der Waals surface area contributed by atoms with Gasteiger partial charge in [-0.3, -0.25) is 4.99 Å². The molecule has 0 aliphatic heterocycles. The molecule has 1 rings (SSSR count). The molecule has 5 heteroatoms. The summed E-state index contributed by atoms with van der Waals surface area (Å²) in [6.07, 6.45) is 8.45. The maximum Gasteiger partial charge on any atom is 0.191 e. The van der Waals surface area contributed by atoms with Crippen molar-refractivity contribution in [1.29, 1.82) is 0 Å². The zero-order valence-corrected chi connectivity index (χ0v) is 15.3. The van der Waals surface area contributed by atoms with E-state index in [0.29, 0.717) is 12.6 Å². The Morgan fingerprint density at radius 3 is 2.30 bits per heavy atom. The Balaban J connectivity index is 0.00000361. The lowest BCUT2D eigenvalue weighted by Crippen LogP contribution is -2.43. The highest BCUT2D eigenvalue weighted by atomic mass is 127. The van der Waals surface area contributed by atoms with Crippen molar-refractivity contribution in [1.82, 2.24) is 10.6 Å². The summed E-state index contributed by atoms with van der Waals surface area (Å²) in [5, 5.41) is 16.3. The number of aliphatic imine (C=N–C) groups is 1. The highest BCUT2D eigenvalue weighted by molar-refractivity contribution is 14.0. The van der Waals surface area contributed by atoms with E-state index in [4.69, 9.17) is 0 Å². The summed E-state index contributed by atoms with van der Waals surface area (Å²) in [7, 11) is 0. The first-order valence-electron chi connectivity index (χ1n) is 7.50. The van der Waals surface area contributed by atoms with Gasteiger partial charge in [-0.25, -0.2) is 0 Å². The molecule has 0 unspecified atom stereocenters. The first kappa shape index (κ1) is 19.7. The number of hydrogen-bond donors (Lipinski definition) is 3. The van der Waals surface area contributed by atoms with Crippen LogP contribution >= 0.6 is 24.0 Å². The van der Waals surface area contributed by atoms with Gasteiger partial charge in [-0.2, -0.15) is 0 Å². The molecule has 0 aromatic carbocycles. The van der Waals surface area contributed by atoms with Crippen molar-refractivity contribution in [2.75, 3.05) is 19.7 Å². The van der Waals surface area contributed by atoms with E-state index >= 15 is 0 Å². The van der Waals surface area contributed by atoms with E-state index in [1.165, 1.54) is 0 Å². The van der Waals surface area contributed by atoms with Gasteiger partial charge in [-0.1, -0.05) is 26.0 Å². The lowest BCUT2D eigenvalue weighted by molar-refractivity contribution is 0.123. The van der Waals surface area contributed by atoms with Crippen LogP contribution in [0.1, 0.15) is 46.5 Å². The van der Waals surface area contributed by atoms with E-state index in [-0.39, 0.29) is 36.0 Å². The Hall–Kier alpha value is -0.300. The molecule has 0 heterocycles. The van der Waals surface area contributed by atoms with Gasteiger partial charge < -0.3 is 15.7 Å². The molecule has 0 aromatic heterocycles. The average Bonchev–Trinajstić information content (AvgIpc) is 2.94. The number of aliphatic hydroxyl groups is 1. The number of nitrogens with zero attached hydrogens (tertiary/aromatic N) is 1. The van der Waals surface area contributed by atoms with Crippen LogP contribution in [0.25, 0.3) is 0 Å². The Labute approximate surface area is 140 Å². The van der Waals surface area contributed by atoms with Crippen LogP contribution in [-0.2, 0) is 0 Å². The molecule has 1 aliphatic carbocycles. The summed E-state index contributed by atoms with van der Waals surface area (Å²) in [5.74, 6) is 0.871. The number of aliphatic hydroxyl groups excluding tert-OH is 1. The Bertz CT molecular complexity index is 298. The first-order chi connectivity index (χ1) is 9.19. The van der Waals surface area contributed by atoms with E-state index in [1.54, 1.807) is 0 Å². The average molecular weight is 395 g/mol. The van der Waals surface area contributed by atoms with Gasteiger partial charge >= 0.3 is 0 Å². The molecule has 118 valence electrons. The molecular weight excluding hydrogens is 365 g/mol. The first-order valence-corrected chi connectivity index (χ1v) is 7.50. The van der Waals surface area contributed by atoms with Gasteiger partial charge in [0.1, 0.15) is 0 Å². The molecule has 0 amide bonds. The maximum atomic E-state index is 9.58. The molecule has 0 aromatic rings. The predicted octanol–water partition coefficient (Wildman–Crippen LogP) is 2.68. The molecule has 0 bridgehead atoms. The van der Waals surface area contributed by atoms with E-state index in [0.717, 1.165) is 38.2 Å². The highest BCUT2D eigenvalue weighted by Gasteiger charge is 2.25. The van der Waals surface area contributed by atoms with Crippen molar-refractivity contribution in [2.24, 2.45) is 10.4 Å². The largest absolute Gasteiger partial charge is 0.396 e. The predicted molar refractivity (Wildman–Crippen MR) is 96.8 cm³/mol. The third kappa shape index (κ3) is 5.99. The van der Waals surface area contributed by atoms with Crippen LogP contribution in [0.3, 0.4) is 0 Å². The fraction of sp³-hybridized carbons (Fsp3) is 0.800. The standard InChI is InChI=1S/C15H29N3O.HI/c1-4-15(5-2,12-19)11-17-14(16-6-3)18-13-9-7-8-10-13;/h7-8,13,19H,4-6,9-12H2,1-3H3,(H2,16,17,18);1H. The van der Waals surface area contributed by atoms with Crippen LogP contribution in [0, 0.1) is 5.41 Å². The Morgan fingerprint density at radius 1 is 1.25 bits per heavy atom. The summed E-state index contributed by atoms with van der Waals surface area (Å²) in [5.41, 5.74) is -0.0731. The third-order valence-corrected chi connectivity index (χ3v) is 4.10. The molecule has 0 saturated carbocycles. The summed E-state index contributed by atoms with van der Waals surface area (Å²) < 4.78 is 0. The van der Waals surface area contributed by atoms with E-state index in [9.17, 15) is 5.11 Å². The van der Waals surface area contributed by atoms with Crippen molar-refractivity contribution in [3.05, 3.63) is 12.2 Å². The highest BCUT2D eigenvalue weighted by Crippen LogP contribution is 2.25. The van der Waals surface area contributed by atoms with Gasteiger partial charge in [-0.15, -0.1) is 24.0 Å². The summed E-state index contributed by atoms with van der Waals surface area (Å²) >= 11 is 0.